The molecule has 0 spiro atoms. The van der Waals surface area contributed by atoms with Crippen molar-refractivity contribution in [3.63, 3.8) is 0 Å². The molecule has 6 nitrogen and oxygen atoms in total. The van der Waals surface area contributed by atoms with Gasteiger partial charge in [0.15, 0.2) is 0 Å². The second kappa shape index (κ2) is 13.3. The van der Waals surface area contributed by atoms with Gasteiger partial charge in [-0.2, -0.15) is 0 Å². The third kappa shape index (κ3) is 8.61. The molecule has 0 aromatic heterocycles. The lowest BCUT2D eigenvalue weighted by Crippen LogP contribution is -2.43. The minimum Gasteiger partial charge on any atom is -0.406 e. The number of amides is 2. The SMILES string of the molecule is NCCCC(=O)N(Cc1ccc(OC(F)(F)F)cc1)C(C(=O)NCc1ccccc1)c1ccccc1Br. The lowest BCUT2D eigenvalue weighted by atomic mass is 10.0. The van der Waals surface area contributed by atoms with Gasteiger partial charge in [0.05, 0.1) is 0 Å². The zero-order valence-electron chi connectivity index (χ0n) is 19.9. The third-order valence-corrected chi connectivity index (χ3v) is 6.22. The van der Waals surface area contributed by atoms with Crippen molar-refractivity contribution in [2.24, 2.45) is 5.73 Å². The molecule has 0 aliphatic carbocycles. The molecule has 0 radical (unpaired) electrons. The summed E-state index contributed by atoms with van der Waals surface area (Å²) in [6, 6.07) is 20.7. The van der Waals surface area contributed by atoms with E-state index in [1.54, 1.807) is 24.3 Å². The molecule has 0 heterocycles. The van der Waals surface area contributed by atoms with Crippen molar-refractivity contribution >= 4 is 27.7 Å². The summed E-state index contributed by atoms with van der Waals surface area (Å²) in [5.74, 6) is -1.08. The first-order valence-corrected chi connectivity index (χ1v) is 12.4. The Bertz CT molecular complexity index is 1170. The molecule has 37 heavy (non-hydrogen) atoms. The second-order valence-corrected chi connectivity index (χ2v) is 9.09. The van der Waals surface area contributed by atoms with Crippen LogP contribution in [0.25, 0.3) is 0 Å². The number of ether oxygens (including phenoxy) is 1. The van der Waals surface area contributed by atoms with Gasteiger partial charge in [0.1, 0.15) is 11.8 Å². The van der Waals surface area contributed by atoms with Gasteiger partial charge in [-0.05, 0) is 47.9 Å². The van der Waals surface area contributed by atoms with E-state index in [9.17, 15) is 22.8 Å². The summed E-state index contributed by atoms with van der Waals surface area (Å²) in [6.45, 7) is 0.540. The molecular formula is C27H27BrF3N3O3. The van der Waals surface area contributed by atoms with Crippen LogP contribution in [-0.4, -0.2) is 29.6 Å². The van der Waals surface area contributed by atoms with E-state index >= 15 is 0 Å². The average Bonchev–Trinajstić information content (AvgIpc) is 2.87. The highest BCUT2D eigenvalue weighted by molar-refractivity contribution is 9.10. The normalized spacial score (nSPS) is 12.0. The maximum atomic E-state index is 13.6. The van der Waals surface area contributed by atoms with E-state index in [0.717, 1.165) is 5.56 Å². The van der Waals surface area contributed by atoms with Crippen LogP contribution in [0.15, 0.2) is 83.3 Å². The second-order valence-electron chi connectivity index (χ2n) is 8.23. The molecule has 0 bridgehead atoms. The number of carbonyl (C=O) groups excluding carboxylic acids is 2. The minimum absolute atomic E-state index is 0.0134. The summed E-state index contributed by atoms with van der Waals surface area (Å²) in [5.41, 5.74) is 7.61. The minimum atomic E-state index is -4.81. The van der Waals surface area contributed by atoms with E-state index in [1.807, 2.05) is 30.3 Å². The highest BCUT2D eigenvalue weighted by atomic mass is 79.9. The average molecular weight is 578 g/mol. The monoisotopic (exact) mass is 577 g/mol. The van der Waals surface area contributed by atoms with E-state index in [-0.39, 0.29) is 31.2 Å². The first-order chi connectivity index (χ1) is 17.7. The molecular weight excluding hydrogens is 551 g/mol. The molecule has 3 N–H and O–H groups in total. The van der Waals surface area contributed by atoms with Crippen LogP contribution >= 0.6 is 15.9 Å². The van der Waals surface area contributed by atoms with Crippen molar-refractivity contribution in [1.29, 1.82) is 0 Å². The van der Waals surface area contributed by atoms with Crippen LogP contribution in [0.4, 0.5) is 13.2 Å². The Labute approximate surface area is 221 Å². The van der Waals surface area contributed by atoms with Crippen molar-refractivity contribution in [3.8, 4) is 5.75 Å². The van der Waals surface area contributed by atoms with Crippen molar-refractivity contribution in [2.45, 2.75) is 38.3 Å². The number of hydrogen-bond donors (Lipinski definition) is 2. The predicted octanol–water partition coefficient (Wildman–Crippen LogP) is 5.47. The van der Waals surface area contributed by atoms with E-state index < -0.39 is 18.3 Å². The molecule has 0 aliphatic heterocycles. The fraction of sp³-hybridized carbons (Fsp3) is 0.259. The Morgan fingerprint density at radius 3 is 2.22 bits per heavy atom. The number of nitrogens with zero attached hydrogens (tertiary/aromatic N) is 1. The number of nitrogens with two attached hydrogens (primary N) is 1. The molecule has 1 unspecified atom stereocenters. The van der Waals surface area contributed by atoms with Crippen LogP contribution in [0, 0.1) is 0 Å². The lowest BCUT2D eigenvalue weighted by molar-refractivity contribution is -0.274. The molecule has 0 saturated carbocycles. The molecule has 0 fully saturated rings. The van der Waals surface area contributed by atoms with Gasteiger partial charge >= 0.3 is 6.36 Å². The zero-order valence-corrected chi connectivity index (χ0v) is 21.5. The largest absolute Gasteiger partial charge is 0.573 e. The Balaban J connectivity index is 1.94. The van der Waals surface area contributed by atoms with Crippen LogP contribution in [0.5, 0.6) is 5.75 Å². The van der Waals surface area contributed by atoms with Crippen LogP contribution in [0.1, 0.15) is 35.6 Å². The van der Waals surface area contributed by atoms with Crippen molar-refractivity contribution in [2.75, 3.05) is 6.54 Å². The number of alkyl halides is 3. The van der Waals surface area contributed by atoms with Gasteiger partial charge in [-0.3, -0.25) is 9.59 Å². The number of hydrogen-bond acceptors (Lipinski definition) is 4. The van der Waals surface area contributed by atoms with Crippen molar-refractivity contribution < 1.29 is 27.5 Å². The van der Waals surface area contributed by atoms with Crippen LogP contribution in [0.3, 0.4) is 0 Å². The molecule has 0 aliphatic rings. The van der Waals surface area contributed by atoms with Gasteiger partial charge in [-0.15, -0.1) is 13.2 Å². The molecule has 2 amide bonds. The van der Waals surface area contributed by atoms with Gasteiger partial charge < -0.3 is 20.7 Å². The molecule has 196 valence electrons. The Hall–Kier alpha value is -3.37. The fourth-order valence-corrected chi connectivity index (χ4v) is 4.24. The van der Waals surface area contributed by atoms with Gasteiger partial charge in [-0.25, -0.2) is 0 Å². The Kier molecular flexibility index (Phi) is 10.1. The van der Waals surface area contributed by atoms with Crippen LogP contribution in [-0.2, 0) is 22.7 Å². The quantitative estimate of drug-likeness (QED) is 0.316. The highest BCUT2D eigenvalue weighted by Crippen LogP contribution is 2.31. The van der Waals surface area contributed by atoms with E-state index in [0.29, 0.717) is 28.6 Å². The van der Waals surface area contributed by atoms with Crippen molar-refractivity contribution in [1.82, 2.24) is 10.2 Å². The Morgan fingerprint density at radius 1 is 0.946 bits per heavy atom. The summed E-state index contributed by atoms with van der Waals surface area (Å²) < 4.78 is 42.3. The third-order valence-electron chi connectivity index (χ3n) is 5.49. The van der Waals surface area contributed by atoms with Gasteiger partial charge in [0, 0.05) is 24.0 Å². The van der Waals surface area contributed by atoms with E-state index in [1.165, 1.54) is 29.2 Å². The maximum Gasteiger partial charge on any atom is 0.573 e. The van der Waals surface area contributed by atoms with Gasteiger partial charge in [0.25, 0.3) is 0 Å². The van der Waals surface area contributed by atoms with Crippen LogP contribution in [0.2, 0.25) is 0 Å². The molecule has 3 aromatic rings. The predicted molar refractivity (Wildman–Crippen MR) is 137 cm³/mol. The summed E-state index contributed by atoms with van der Waals surface area (Å²) >= 11 is 3.49. The molecule has 1 atom stereocenters. The van der Waals surface area contributed by atoms with Crippen molar-refractivity contribution in [3.05, 3.63) is 100 Å². The number of rotatable bonds is 11. The lowest BCUT2D eigenvalue weighted by Gasteiger charge is -2.32. The number of carbonyl (C=O) groups is 2. The molecule has 3 aromatic carbocycles. The first kappa shape index (κ1) is 28.2. The molecule has 0 saturated heterocycles. The Morgan fingerprint density at radius 2 is 1.59 bits per heavy atom. The summed E-state index contributed by atoms with van der Waals surface area (Å²) in [6.07, 6.45) is -4.28. The van der Waals surface area contributed by atoms with E-state index in [2.05, 4.69) is 26.0 Å². The summed E-state index contributed by atoms with van der Waals surface area (Å²) in [7, 11) is 0. The van der Waals surface area contributed by atoms with Gasteiger partial charge in [-0.1, -0.05) is 76.6 Å². The smallest absolute Gasteiger partial charge is 0.406 e. The van der Waals surface area contributed by atoms with Crippen LogP contribution < -0.4 is 15.8 Å². The topological polar surface area (TPSA) is 84.7 Å². The summed E-state index contributed by atoms with van der Waals surface area (Å²) in [4.78, 5) is 28.4. The number of benzene rings is 3. The number of nitrogens with one attached hydrogen (secondary N) is 1. The maximum absolute atomic E-state index is 13.6. The highest BCUT2D eigenvalue weighted by Gasteiger charge is 2.33. The standard InChI is InChI=1S/C27H27BrF3N3O3/c28-23-10-5-4-9-22(23)25(26(36)33-17-19-7-2-1-3-8-19)34(24(35)11-6-16-32)18-20-12-14-21(15-13-20)37-27(29,30)31/h1-5,7-10,12-15,25H,6,11,16-18,32H2,(H,33,36). The molecule has 3 rings (SSSR count). The first-order valence-electron chi connectivity index (χ1n) is 11.6. The zero-order chi connectivity index (χ0) is 26.8. The molecule has 10 heteroatoms. The summed E-state index contributed by atoms with van der Waals surface area (Å²) in [5, 5.41) is 2.91. The number of halogens is 4. The fourth-order valence-electron chi connectivity index (χ4n) is 3.74. The van der Waals surface area contributed by atoms with E-state index in [4.69, 9.17) is 5.73 Å². The van der Waals surface area contributed by atoms with Gasteiger partial charge in [0.2, 0.25) is 11.8 Å².